The van der Waals surface area contributed by atoms with Crippen molar-refractivity contribution < 1.29 is 47.0 Å². The lowest BCUT2D eigenvalue weighted by molar-refractivity contribution is -0.0451. The fraction of sp³-hybridized carbons (Fsp3) is 0.765. The van der Waals surface area contributed by atoms with E-state index in [2.05, 4.69) is 28.4 Å². The molecule has 34 heavy (non-hydrogen) atoms. The van der Waals surface area contributed by atoms with Gasteiger partial charge in [-0.05, 0) is 6.92 Å². The number of nitrogens with zero attached hydrogens (tertiary/aromatic N) is 1. The van der Waals surface area contributed by atoms with Crippen LogP contribution >= 0.6 is 16.4 Å². The molecule has 3 rings (SSSR count). The lowest BCUT2D eigenvalue weighted by Crippen LogP contribution is -2.33. The topological polar surface area (TPSA) is 200 Å². The zero-order valence-electron chi connectivity index (χ0n) is 19.4. The second-order valence-corrected chi connectivity index (χ2v) is 9.61. The van der Waals surface area contributed by atoms with E-state index in [1.807, 2.05) is 0 Å². The molecule has 0 unspecified atom stereocenters. The van der Waals surface area contributed by atoms with Crippen LogP contribution in [0.15, 0.2) is 15.8 Å². The number of aromatic nitrogens is 2. The molecule has 5 N–H and O–H groups in total. The highest BCUT2D eigenvalue weighted by Gasteiger charge is 2.37. The number of aromatic amines is 1. The zero-order valence-corrected chi connectivity index (χ0v) is 21.2. The van der Waals surface area contributed by atoms with Crippen LogP contribution in [0.4, 0.5) is 0 Å². The van der Waals surface area contributed by atoms with Crippen LogP contribution in [0.25, 0.3) is 0 Å². The smallest absolute Gasteiger partial charge is 0.390 e. The second-order valence-electron chi connectivity index (χ2n) is 6.83. The Kier molecular flexibility index (Phi) is 14.4. The highest BCUT2D eigenvalue weighted by atomic mass is 31.2. The number of aliphatic hydroxyl groups is 1. The van der Waals surface area contributed by atoms with Crippen LogP contribution in [-0.4, -0.2) is 90.9 Å². The molecule has 3 atom stereocenters. The summed E-state index contributed by atoms with van der Waals surface area (Å²) < 4.78 is 40.4. The molecule has 2 aliphatic rings. The highest BCUT2D eigenvalue weighted by molar-refractivity contribution is 7.46. The molecular formula is C17H33N3O12P2. The molecule has 0 aliphatic carbocycles. The van der Waals surface area contributed by atoms with Gasteiger partial charge >= 0.3 is 22.1 Å². The van der Waals surface area contributed by atoms with Gasteiger partial charge in [-0.2, -0.15) is 0 Å². The largest absolute Gasteiger partial charge is 0.469 e. The molecule has 3 heterocycles. The minimum atomic E-state index is -4.67. The molecule has 2 fully saturated rings. The normalized spacial score (nSPS) is 22.5. The number of hydrogen-bond acceptors (Lipinski definition) is 11. The Hall–Kier alpha value is -1.06. The van der Waals surface area contributed by atoms with Gasteiger partial charge in [0.2, 0.25) is 0 Å². The lowest BCUT2D eigenvalue weighted by Gasteiger charge is -2.16. The minimum Gasteiger partial charge on any atom is -0.390 e. The first-order valence-corrected chi connectivity index (χ1v) is 12.7. The van der Waals surface area contributed by atoms with Crippen LogP contribution in [0.2, 0.25) is 0 Å². The second kappa shape index (κ2) is 15.8. The highest BCUT2D eigenvalue weighted by Crippen LogP contribution is 2.38. The van der Waals surface area contributed by atoms with Crippen molar-refractivity contribution in [3.63, 3.8) is 0 Å². The molecule has 15 nitrogen and oxygen atoms in total. The number of hydrogen-bond donors (Lipinski definition) is 5. The summed E-state index contributed by atoms with van der Waals surface area (Å²) in [5.74, 6) is 0. The maximum absolute atomic E-state index is 11.7. The van der Waals surface area contributed by atoms with E-state index in [9.17, 15) is 19.3 Å². The Morgan fingerprint density at radius 3 is 2.18 bits per heavy atom. The molecule has 0 radical (unpaired) electrons. The number of phosphoric ester groups is 1. The summed E-state index contributed by atoms with van der Waals surface area (Å²) in [6, 6.07) is 0. The van der Waals surface area contributed by atoms with E-state index in [1.165, 1.54) is 13.1 Å². The van der Waals surface area contributed by atoms with Crippen LogP contribution < -0.4 is 16.6 Å². The Labute approximate surface area is 197 Å². The van der Waals surface area contributed by atoms with Gasteiger partial charge < -0.3 is 43.3 Å². The molecule has 2 saturated heterocycles. The van der Waals surface area contributed by atoms with Crippen molar-refractivity contribution in [3.8, 4) is 0 Å². The standard InChI is InChI=1S/C10H15N2O8P.C4H9NO.C3H9O3P/c1-5-3-12(10(15)11-9(5)14)8-2-6(13)7(20-8)4-19-21(16,17)18;1-3-6-4-2-5-1;1-4-7(5-2)6-3/h3,6-8,13H,2,4H2,1H3,(H,11,14,15)(H2,16,17,18);5H,1-4H2;1-3H3/t6-,7+,8+;;/m0../s1. The van der Waals surface area contributed by atoms with Crippen molar-refractivity contribution in [2.75, 3.05) is 54.2 Å². The van der Waals surface area contributed by atoms with E-state index in [-0.39, 0.29) is 6.42 Å². The lowest BCUT2D eigenvalue weighted by atomic mass is 10.2. The third kappa shape index (κ3) is 11.6. The molecule has 0 aromatic carbocycles. The third-order valence-corrected chi connectivity index (χ3v) is 5.74. The van der Waals surface area contributed by atoms with Gasteiger partial charge in [-0.25, -0.2) is 9.36 Å². The molecule has 198 valence electrons. The summed E-state index contributed by atoms with van der Waals surface area (Å²) >= 11 is 0. The van der Waals surface area contributed by atoms with Crippen molar-refractivity contribution in [3.05, 3.63) is 32.6 Å². The summed E-state index contributed by atoms with van der Waals surface area (Å²) in [6.07, 6.45) is -1.57. The molecule has 0 spiro atoms. The number of H-pyrrole nitrogens is 1. The van der Waals surface area contributed by atoms with Gasteiger partial charge in [0.1, 0.15) is 12.3 Å². The van der Waals surface area contributed by atoms with E-state index >= 15 is 0 Å². The van der Waals surface area contributed by atoms with E-state index in [1.54, 1.807) is 21.3 Å². The molecule has 0 bridgehead atoms. The van der Waals surface area contributed by atoms with Gasteiger partial charge in [0, 0.05) is 52.6 Å². The fourth-order valence-corrected chi connectivity index (χ4v) is 3.53. The Balaban J connectivity index is 0.000000362. The van der Waals surface area contributed by atoms with E-state index < -0.39 is 52.7 Å². The van der Waals surface area contributed by atoms with E-state index in [0.29, 0.717) is 5.56 Å². The summed E-state index contributed by atoms with van der Waals surface area (Å²) in [5.41, 5.74) is -0.918. The molecule has 0 amide bonds. The number of nitrogens with one attached hydrogen (secondary N) is 2. The Morgan fingerprint density at radius 2 is 1.76 bits per heavy atom. The summed E-state index contributed by atoms with van der Waals surface area (Å²) in [7, 11) is -1.10. The SMILES string of the molecule is C1COCCN1.COP(OC)OC.Cc1cn([C@H]2C[C@H](O)[C@@H](COP(=O)(O)O)O2)c(=O)[nH]c1=O. The van der Waals surface area contributed by atoms with Crippen LogP contribution in [-0.2, 0) is 32.1 Å². The average Bonchev–Trinajstić information content (AvgIpc) is 3.18. The van der Waals surface area contributed by atoms with Crippen molar-refractivity contribution >= 4 is 16.4 Å². The number of morpholine rings is 1. The fourth-order valence-electron chi connectivity index (χ4n) is 2.75. The van der Waals surface area contributed by atoms with E-state index in [0.717, 1.165) is 30.9 Å². The van der Waals surface area contributed by atoms with Crippen LogP contribution in [0, 0.1) is 6.92 Å². The molecule has 2 aliphatic heterocycles. The quantitative estimate of drug-likeness (QED) is 0.278. The first-order valence-electron chi connectivity index (χ1n) is 10.1. The molecule has 1 aromatic rings. The number of aryl methyl sites for hydroxylation is 1. The van der Waals surface area contributed by atoms with Crippen LogP contribution in [0.5, 0.6) is 0 Å². The number of phosphoric acid groups is 1. The van der Waals surface area contributed by atoms with E-state index in [4.69, 9.17) is 19.3 Å². The summed E-state index contributed by atoms with van der Waals surface area (Å²) in [5, 5.41) is 12.9. The van der Waals surface area contributed by atoms with Gasteiger partial charge in [-0.3, -0.25) is 18.9 Å². The molecule has 17 heteroatoms. The van der Waals surface area contributed by atoms with Gasteiger partial charge in [0.25, 0.3) is 5.56 Å². The van der Waals surface area contributed by atoms with Crippen molar-refractivity contribution in [2.24, 2.45) is 0 Å². The van der Waals surface area contributed by atoms with Crippen molar-refractivity contribution in [1.29, 1.82) is 0 Å². The summed E-state index contributed by atoms with van der Waals surface area (Å²) in [6.45, 7) is 4.83. The number of aliphatic hydroxyl groups excluding tert-OH is 1. The first-order chi connectivity index (χ1) is 16.0. The zero-order chi connectivity index (χ0) is 25.7. The first kappa shape index (κ1) is 31.0. The van der Waals surface area contributed by atoms with Crippen molar-refractivity contribution in [2.45, 2.75) is 31.8 Å². The average molecular weight is 533 g/mol. The monoisotopic (exact) mass is 533 g/mol. The van der Waals surface area contributed by atoms with Crippen LogP contribution in [0.1, 0.15) is 18.2 Å². The molecule has 1 aromatic heterocycles. The number of rotatable bonds is 7. The van der Waals surface area contributed by atoms with Gasteiger partial charge in [-0.1, -0.05) is 0 Å². The van der Waals surface area contributed by atoms with Crippen LogP contribution in [0.3, 0.4) is 0 Å². The Bertz CT molecular complexity index is 851. The third-order valence-electron chi connectivity index (χ3n) is 4.36. The molecule has 0 saturated carbocycles. The minimum absolute atomic E-state index is 0.0283. The maximum Gasteiger partial charge on any atom is 0.469 e. The Morgan fingerprint density at radius 1 is 1.18 bits per heavy atom. The number of ether oxygens (including phenoxy) is 2. The van der Waals surface area contributed by atoms with Gasteiger partial charge in [0.05, 0.1) is 25.9 Å². The van der Waals surface area contributed by atoms with Crippen molar-refractivity contribution in [1.82, 2.24) is 14.9 Å². The predicted octanol–water partition coefficient (Wildman–Crippen LogP) is -0.639. The maximum atomic E-state index is 11.7. The predicted molar refractivity (Wildman–Crippen MR) is 120 cm³/mol. The summed E-state index contributed by atoms with van der Waals surface area (Å²) in [4.78, 5) is 42.3. The molecular weight excluding hydrogens is 500 g/mol. The van der Waals surface area contributed by atoms with Gasteiger partial charge in [-0.15, -0.1) is 0 Å². The van der Waals surface area contributed by atoms with Gasteiger partial charge in [0.15, 0.2) is 0 Å².